The van der Waals surface area contributed by atoms with Crippen molar-refractivity contribution in [3.8, 4) is 0 Å². The van der Waals surface area contributed by atoms with Crippen molar-refractivity contribution in [3.05, 3.63) is 57.1 Å². The third kappa shape index (κ3) is 2.70. The molecule has 1 aliphatic rings. The molecule has 2 aromatic carbocycles. The van der Waals surface area contributed by atoms with E-state index in [0.717, 1.165) is 0 Å². The lowest BCUT2D eigenvalue weighted by molar-refractivity contribution is 0.406. The number of hydrogen-bond acceptors (Lipinski definition) is 3. The molecule has 0 fully saturated rings. The largest absolute Gasteiger partial charge is 0.324 e. The molecule has 1 heterocycles. The quantitative estimate of drug-likeness (QED) is 0.427. The lowest BCUT2D eigenvalue weighted by Crippen LogP contribution is -2.28. The second-order valence-electron chi connectivity index (χ2n) is 4.62. The van der Waals surface area contributed by atoms with Crippen LogP contribution in [0.1, 0.15) is 5.56 Å². The van der Waals surface area contributed by atoms with Gasteiger partial charge in [0, 0.05) is 5.56 Å². The maximum Gasteiger partial charge on any atom is 0.200 e. The number of guanidine groups is 1. The maximum absolute atomic E-state index is 13.8. The van der Waals surface area contributed by atoms with E-state index in [4.69, 9.17) is 23.2 Å². The summed E-state index contributed by atoms with van der Waals surface area (Å²) < 4.78 is 54.0. The number of para-hydroxylation sites is 1. The van der Waals surface area contributed by atoms with Crippen LogP contribution in [0.2, 0.25) is 10.0 Å². The number of hydrogen-bond donors (Lipinski definition) is 2. The molecule has 2 N–H and O–H groups in total. The molecule has 9 heteroatoms. The van der Waals surface area contributed by atoms with Crippen molar-refractivity contribution in [1.82, 2.24) is 0 Å². The van der Waals surface area contributed by atoms with Gasteiger partial charge >= 0.3 is 0 Å². The van der Waals surface area contributed by atoms with Crippen LogP contribution < -0.4 is 10.6 Å². The summed E-state index contributed by atoms with van der Waals surface area (Å²) in [5, 5.41) is 5.62. The smallest absolute Gasteiger partial charge is 0.200 e. The standard InChI is InChI=1S/C14H7Cl2F4N3/c15-6-2-1-3-7(16)13(6)23-14-21-4-5-8(17)9(18)10(19)11(20)12(5)22-14/h1-3H,4H2,(H2,21,22,23). The molecule has 1 aliphatic heterocycles. The summed E-state index contributed by atoms with van der Waals surface area (Å²) in [6.45, 7) is -0.382. The highest BCUT2D eigenvalue weighted by Crippen LogP contribution is 2.33. The van der Waals surface area contributed by atoms with E-state index in [0.29, 0.717) is 0 Å². The van der Waals surface area contributed by atoms with Crippen molar-refractivity contribution in [2.75, 3.05) is 10.6 Å². The Morgan fingerprint density at radius 3 is 2.22 bits per heavy atom. The first-order valence-corrected chi connectivity index (χ1v) is 7.03. The van der Waals surface area contributed by atoms with Gasteiger partial charge in [0.1, 0.15) is 0 Å². The molecule has 3 nitrogen and oxygen atoms in total. The summed E-state index contributed by atoms with van der Waals surface area (Å²) >= 11 is 12.0. The molecule has 0 radical (unpaired) electrons. The third-order valence-electron chi connectivity index (χ3n) is 3.21. The highest BCUT2D eigenvalue weighted by atomic mass is 35.5. The summed E-state index contributed by atoms with van der Waals surface area (Å²) in [4.78, 5) is 3.90. The average molecular weight is 364 g/mol. The first kappa shape index (κ1) is 15.9. The molecule has 0 spiro atoms. The first-order chi connectivity index (χ1) is 10.9. The molecule has 3 rings (SSSR count). The topological polar surface area (TPSA) is 36.4 Å². The van der Waals surface area contributed by atoms with E-state index >= 15 is 0 Å². The molecule has 120 valence electrons. The molecule has 23 heavy (non-hydrogen) atoms. The Labute approximate surface area is 137 Å². The molecule has 0 saturated carbocycles. The van der Waals surface area contributed by atoms with Crippen LogP contribution in [0.25, 0.3) is 0 Å². The van der Waals surface area contributed by atoms with E-state index in [9.17, 15) is 17.6 Å². The molecule has 2 aromatic rings. The SMILES string of the molecule is Fc1c(F)c(F)c2c(c1F)CN=C(Nc1c(Cl)cccc1Cl)N2. The van der Waals surface area contributed by atoms with Gasteiger partial charge in [-0.25, -0.2) is 22.6 Å². The third-order valence-corrected chi connectivity index (χ3v) is 3.84. The van der Waals surface area contributed by atoms with Crippen LogP contribution in [-0.4, -0.2) is 5.96 Å². The highest BCUT2D eigenvalue weighted by molar-refractivity contribution is 6.40. The zero-order valence-corrected chi connectivity index (χ0v) is 12.7. The van der Waals surface area contributed by atoms with E-state index in [1.165, 1.54) is 0 Å². The number of halogens is 6. The van der Waals surface area contributed by atoms with Crippen molar-refractivity contribution in [2.45, 2.75) is 6.54 Å². The van der Waals surface area contributed by atoms with Gasteiger partial charge < -0.3 is 10.6 Å². The number of fused-ring (bicyclic) bond motifs is 1. The van der Waals surface area contributed by atoms with Gasteiger partial charge in [-0.15, -0.1) is 0 Å². The summed E-state index contributed by atoms with van der Waals surface area (Å²) in [6, 6.07) is 4.74. The van der Waals surface area contributed by atoms with Gasteiger partial charge in [-0.05, 0) is 12.1 Å². The molecular weight excluding hydrogens is 357 g/mol. The minimum Gasteiger partial charge on any atom is -0.324 e. The van der Waals surface area contributed by atoms with Crippen LogP contribution in [0.5, 0.6) is 0 Å². The fourth-order valence-electron chi connectivity index (χ4n) is 2.08. The molecule has 0 unspecified atom stereocenters. The molecular formula is C14H7Cl2F4N3. The Kier molecular flexibility index (Phi) is 4.08. The molecule has 0 saturated heterocycles. The van der Waals surface area contributed by atoms with Crippen LogP contribution in [0.3, 0.4) is 0 Å². The van der Waals surface area contributed by atoms with Crippen molar-refractivity contribution >= 4 is 40.5 Å². The Hall–Kier alpha value is -1.99. The highest BCUT2D eigenvalue weighted by Gasteiger charge is 2.28. The lowest BCUT2D eigenvalue weighted by atomic mass is 10.1. The Morgan fingerprint density at radius 2 is 1.57 bits per heavy atom. The number of nitrogens with zero attached hydrogens (tertiary/aromatic N) is 1. The predicted octanol–water partition coefficient (Wildman–Crippen LogP) is 4.94. The van der Waals surface area contributed by atoms with Crippen molar-refractivity contribution in [2.24, 2.45) is 4.99 Å². The minimum atomic E-state index is -1.90. The van der Waals surface area contributed by atoms with Crippen molar-refractivity contribution < 1.29 is 17.6 Å². The van der Waals surface area contributed by atoms with Gasteiger partial charge in [0.2, 0.25) is 5.96 Å². The Bertz CT molecular complexity index is 819. The molecule has 0 aliphatic carbocycles. The Balaban J connectivity index is 1.96. The first-order valence-electron chi connectivity index (χ1n) is 6.27. The molecule has 0 atom stereocenters. The fourth-order valence-corrected chi connectivity index (χ4v) is 2.57. The lowest BCUT2D eigenvalue weighted by Gasteiger charge is -2.21. The van der Waals surface area contributed by atoms with Gasteiger partial charge in [-0.3, -0.25) is 0 Å². The fraction of sp³-hybridized carbons (Fsp3) is 0.0714. The molecule has 0 aromatic heterocycles. The van der Waals surface area contributed by atoms with Crippen LogP contribution >= 0.6 is 23.2 Å². The second kappa shape index (κ2) is 5.90. The number of benzene rings is 2. The van der Waals surface area contributed by atoms with Crippen LogP contribution in [0.4, 0.5) is 28.9 Å². The molecule has 0 amide bonds. The maximum atomic E-state index is 13.8. The van der Waals surface area contributed by atoms with E-state index in [1.807, 2.05) is 0 Å². The van der Waals surface area contributed by atoms with Gasteiger partial charge in [-0.1, -0.05) is 29.3 Å². The zero-order valence-electron chi connectivity index (χ0n) is 11.2. The molecule has 0 bridgehead atoms. The van der Waals surface area contributed by atoms with E-state index in [-0.39, 0.29) is 28.2 Å². The van der Waals surface area contributed by atoms with Gasteiger partial charge in [0.05, 0.1) is 28.0 Å². The van der Waals surface area contributed by atoms with Crippen LogP contribution in [-0.2, 0) is 6.54 Å². The number of rotatable bonds is 1. The van der Waals surface area contributed by atoms with Crippen LogP contribution in [0, 0.1) is 23.3 Å². The number of aliphatic imine (C=N–C) groups is 1. The summed E-state index contributed by atoms with van der Waals surface area (Å²) in [5.41, 5.74) is -0.645. The van der Waals surface area contributed by atoms with Gasteiger partial charge in [0.15, 0.2) is 23.3 Å². The summed E-state index contributed by atoms with van der Waals surface area (Å²) in [7, 11) is 0. The number of nitrogens with one attached hydrogen (secondary N) is 2. The van der Waals surface area contributed by atoms with Crippen molar-refractivity contribution in [1.29, 1.82) is 0 Å². The monoisotopic (exact) mass is 363 g/mol. The van der Waals surface area contributed by atoms with E-state index in [2.05, 4.69) is 15.6 Å². The predicted molar refractivity (Wildman–Crippen MR) is 81.1 cm³/mol. The van der Waals surface area contributed by atoms with Crippen LogP contribution in [0.15, 0.2) is 23.2 Å². The van der Waals surface area contributed by atoms with E-state index < -0.39 is 34.5 Å². The Morgan fingerprint density at radius 1 is 0.957 bits per heavy atom. The van der Waals surface area contributed by atoms with Gasteiger partial charge in [0.25, 0.3) is 0 Å². The average Bonchev–Trinajstić information content (AvgIpc) is 2.54. The van der Waals surface area contributed by atoms with Gasteiger partial charge in [-0.2, -0.15) is 0 Å². The van der Waals surface area contributed by atoms with Crippen molar-refractivity contribution in [3.63, 3.8) is 0 Å². The normalized spacial score (nSPS) is 13.2. The number of anilines is 2. The second-order valence-corrected chi connectivity index (χ2v) is 5.44. The van der Waals surface area contributed by atoms with E-state index in [1.54, 1.807) is 18.2 Å². The zero-order chi connectivity index (χ0) is 16.7. The summed E-state index contributed by atoms with van der Waals surface area (Å²) in [5.74, 6) is -6.81. The summed E-state index contributed by atoms with van der Waals surface area (Å²) in [6.07, 6.45) is 0. The minimum absolute atomic E-state index is 0.0307.